The minimum atomic E-state index is -0.355. The van der Waals surface area contributed by atoms with E-state index >= 15 is 0 Å². The van der Waals surface area contributed by atoms with Crippen LogP contribution in [-0.4, -0.2) is 28.2 Å². The maximum atomic E-state index is 13.0. The summed E-state index contributed by atoms with van der Waals surface area (Å²) in [5.74, 6) is -0.0376. The van der Waals surface area contributed by atoms with Crippen molar-refractivity contribution in [3.8, 4) is 0 Å². The van der Waals surface area contributed by atoms with E-state index < -0.39 is 0 Å². The molecule has 0 bridgehead atoms. The molecule has 2 aromatic carbocycles. The molecule has 136 valence electrons. The van der Waals surface area contributed by atoms with Gasteiger partial charge in [-0.25, -0.2) is 0 Å². The monoisotopic (exact) mass is 384 g/mol. The summed E-state index contributed by atoms with van der Waals surface area (Å²) >= 11 is 7.14. The Kier molecular flexibility index (Phi) is 6.69. The molecule has 0 aromatic heterocycles. The summed E-state index contributed by atoms with van der Waals surface area (Å²) in [5.41, 5.74) is 2.95. The molecule has 0 spiro atoms. The second kappa shape index (κ2) is 9.19. The normalized spacial score (nSPS) is 15.3. The summed E-state index contributed by atoms with van der Waals surface area (Å²) in [6.07, 6.45) is 3.61. The molecule has 2 aromatic rings. The summed E-state index contributed by atoms with van der Waals surface area (Å²) in [6.45, 7) is 4.02. The van der Waals surface area contributed by atoms with Crippen molar-refractivity contribution >= 4 is 39.9 Å². The first-order valence-electron chi connectivity index (χ1n) is 9.01. The van der Waals surface area contributed by atoms with E-state index in [1.807, 2.05) is 61.5 Å². The fourth-order valence-electron chi connectivity index (χ4n) is 3.00. The number of piperidine rings is 1. The van der Waals surface area contributed by atoms with Gasteiger partial charge in [-0.15, -0.1) is 0 Å². The van der Waals surface area contributed by atoms with E-state index in [4.69, 9.17) is 12.2 Å². The van der Waals surface area contributed by atoms with Gasteiger partial charge in [0.25, 0.3) is 0 Å². The SMILES string of the molecule is Cc1ccc(NC(=O)C(SC(=S)N2CCCCC2)c2ccccc2)cc1. The fourth-order valence-corrected chi connectivity index (χ4v) is 4.46. The van der Waals surface area contributed by atoms with Crippen molar-refractivity contribution in [2.75, 3.05) is 18.4 Å². The van der Waals surface area contributed by atoms with Gasteiger partial charge in [0, 0.05) is 18.8 Å². The highest BCUT2D eigenvalue weighted by Crippen LogP contribution is 2.33. The van der Waals surface area contributed by atoms with Gasteiger partial charge < -0.3 is 10.2 Å². The zero-order valence-corrected chi connectivity index (χ0v) is 16.6. The Morgan fingerprint density at radius 1 is 1.04 bits per heavy atom. The molecule has 0 radical (unpaired) electrons. The number of nitrogens with one attached hydrogen (secondary N) is 1. The quantitative estimate of drug-likeness (QED) is 0.736. The Bertz CT molecular complexity index is 740. The summed E-state index contributed by atoms with van der Waals surface area (Å²) in [6, 6.07) is 17.7. The Morgan fingerprint density at radius 2 is 1.69 bits per heavy atom. The van der Waals surface area contributed by atoms with Gasteiger partial charge in [-0.3, -0.25) is 4.79 Å². The first-order valence-corrected chi connectivity index (χ1v) is 10.3. The molecule has 5 heteroatoms. The van der Waals surface area contributed by atoms with Gasteiger partial charge in [0.1, 0.15) is 9.57 Å². The number of carbonyl (C=O) groups is 1. The van der Waals surface area contributed by atoms with Crippen molar-refractivity contribution in [3.63, 3.8) is 0 Å². The highest BCUT2D eigenvalue weighted by atomic mass is 32.2. The maximum absolute atomic E-state index is 13.0. The van der Waals surface area contributed by atoms with Crippen LogP contribution >= 0.6 is 24.0 Å². The van der Waals surface area contributed by atoms with E-state index in [1.54, 1.807) is 0 Å². The third kappa shape index (κ3) is 5.08. The summed E-state index contributed by atoms with van der Waals surface area (Å²) in [7, 11) is 0. The van der Waals surface area contributed by atoms with Crippen molar-refractivity contribution in [2.24, 2.45) is 0 Å². The minimum Gasteiger partial charge on any atom is -0.357 e. The Balaban J connectivity index is 1.75. The van der Waals surface area contributed by atoms with E-state index in [2.05, 4.69) is 10.2 Å². The predicted octanol–water partition coefficient (Wildman–Crippen LogP) is 5.18. The third-order valence-corrected chi connectivity index (χ3v) is 6.22. The van der Waals surface area contributed by atoms with E-state index in [0.717, 1.165) is 28.7 Å². The number of thiocarbonyl (C=S) groups is 1. The van der Waals surface area contributed by atoms with E-state index in [0.29, 0.717) is 0 Å². The van der Waals surface area contributed by atoms with Crippen LogP contribution in [-0.2, 0) is 4.79 Å². The van der Waals surface area contributed by atoms with Crippen molar-refractivity contribution in [1.82, 2.24) is 4.90 Å². The van der Waals surface area contributed by atoms with Crippen LogP contribution in [0.25, 0.3) is 0 Å². The number of thioether (sulfide) groups is 1. The molecule has 3 rings (SSSR count). The number of anilines is 1. The number of benzene rings is 2. The average Bonchev–Trinajstić information content (AvgIpc) is 2.69. The lowest BCUT2D eigenvalue weighted by Gasteiger charge is -2.30. The first kappa shape index (κ1) is 18.9. The van der Waals surface area contributed by atoms with Crippen molar-refractivity contribution in [1.29, 1.82) is 0 Å². The van der Waals surface area contributed by atoms with Crippen LogP contribution in [0.4, 0.5) is 5.69 Å². The molecule has 1 atom stereocenters. The molecule has 3 nitrogen and oxygen atoms in total. The van der Waals surface area contributed by atoms with Gasteiger partial charge in [0.2, 0.25) is 5.91 Å². The molecule has 1 amide bonds. The summed E-state index contributed by atoms with van der Waals surface area (Å²) in [4.78, 5) is 15.2. The zero-order valence-electron chi connectivity index (χ0n) is 15.0. The molecule has 1 N–H and O–H groups in total. The first-order chi connectivity index (χ1) is 12.6. The molecule has 1 aliphatic heterocycles. The van der Waals surface area contributed by atoms with E-state index in [9.17, 15) is 4.79 Å². The van der Waals surface area contributed by atoms with Gasteiger partial charge in [-0.1, -0.05) is 72.0 Å². The van der Waals surface area contributed by atoms with Gasteiger partial charge in [-0.2, -0.15) is 0 Å². The topological polar surface area (TPSA) is 32.3 Å². The molecule has 1 saturated heterocycles. The lowest BCUT2D eigenvalue weighted by Crippen LogP contribution is -2.34. The molecular weight excluding hydrogens is 360 g/mol. The number of amides is 1. The minimum absolute atomic E-state index is 0.0376. The van der Waals surface area contributed by atoms with Crippen LogP contribution in [0.1, 0.15) is 35.6 Å². The average molecular weight is 385 g/mol. The number of hydrogen-bond acceptors (Lipinski definition) is 3. The van der Waals surface area contributed by atoms with Gasteiger partial charge in [-0.05, 0) is 43.9 Å². The molecule has 26 heavy (non-hydrogen) atoms. The highest BCUT2D eigenvalue weighted by Gasteiger charge is 2.26. The van der Waals surface area contributed by atoms with Crippen molar-refractivity contribution in [3.05, 3.63) is 65.7 Å². The summed E-state index contributed by atoms with van der Waals surface area (Å²) < 4.78 is 0.817. The second-order valence-corrected chi connectivity index (χ2v) is 8.32. The zero-order chi connectivity index (χ0) is 18.4. The lowest BCUT2D eigenvalue weighted by atomic mass is 10.1. The van der Waals surface area contributed by atoms with Crippen LogP contribution in [0.5, 0.6) is 0 Å². The van der Waals surface area contributed by atoms with Crippen LogP contribution < -0.4 is 5.32 Å². The molecule has 1 heterocycles. The second-order valence-electron chi connectivity index (χ2n) is 6.58. The third-order valence-electron chi connectivity index (χ3n) is 4.49. The highest BCUT2D eigenvalue weighted by molar-refractivity contribution is 8.23. The van der Waals surface area contributed by atoms with Crippen LogP contribution in [0.2, 0.25) is 0 Å². The van der Waals surface area contributed by atoms with Gasteiger partial charge in [0.15, 0.2) is 0 Å². The van der Waals surface area contributed by atoms with Crippen LogP contribution in [0.3, 0.4) is 0 Å². The molecule has 1 fully saturated rings. The van der Waals surface area contributed by atoms with E-state index in [-0.39, 0.29) is 11.2 Å². The molecule has 1 aliphatic rings. The number of hydrogen-bond donors (Lipinski definition) is 1. The number of nitrogens with zero attached hydrogens (tertiary/aromatic N) is 1. The standard InChI is InChI=1S/C21H24N2OS2/c1-16-10-12-18(13-11-16)22-20(24)19(17-8-4-2-5-9-17)26-21(25)23-14-6-3-7-15-23/h2,4-5,8-13,19H,3,6-7,14-15H2,1H3,(H,22,24). The Morgan fingerprint density at radius 3 is 2.35 bits per heavy atom. The van der Waals surface area contributed by atoms with Gasteiger partial charge in [0.05, 0.1) is 0 Å². The molecule has 0 aliphatic carbocycles. The number of carbonyl (C=O) groups excluding carboxylic acids is 1. The van der Waals surface area contributed by atoms with E-state index in [1.165, 1.54) is 36.6 Å². The van der Waals surface area contributed by atoms with Crippen molar-refractivity contribution < 1.29 is 4.79 Å². The lowest BCUT2D eigenvalue weighted by molar-refractivity contribution is -0.115. The summed E-state index contributed by atoms with van der Waals surface area (Å²) in [5, 5.41) is 2.68. The maximum Gasteiger partial charge on any atom is 0.242 e. The van der Waals surface area contributed by atoms with Crippen LogP contribution in [0.15, 0.2) is 54.6 Å². The Hall–Kier alpha value is -1.85. The fraction of sp³-hybridized carbons (Fsp3) is 0.333. The molecule has 0 saturated carbocycles. The number of likely N-dealkylation sites (tertiary alicyclic amines) is 1. The smallest absolute Gasteiger partial charge is 0.242 e. The van der Waals surface area contributed by atoms with Crippen molar-refractivity contribution in [2.45, 2.75) is 31.4 Å². The Labute approximate surface area is 165 Å². The predicted molar refractivity (Wildman–Crippen MR) is 115 cm³/mol. The van der Waals surface area contributed by atoms with Crippen LogP contribution in [0, 0.1) is 6.92 Å². The molecule has 1 unspecified atom stereocenters. The van der Waals surface area contributed by atoms with Gasteiger partial charge >= 0.3 is 0 Å². The number of rotatable bonds is 4. The molecular formula is C21H24N2OS2. The largest absolute Gasteiger partial charge is 0.357 e. The number of aryl methyl sites for hydroxylation is 1.